The number of benzene rings is 6. The van der Waals surface area contributed by atoms with Gasteiger partial charge in [0, 0.05) is 91.1 Å². The molecule has 69 heavy (non-hydrogen) atoms. The van der Waals surface area contributed by atoms with Gasteiger partial charge in [0.2, 0.25) is 0 Å². The lowest BCUT2D eigenvalue weighted by Crippen LogP contribution is -2.26. The zero-order valence-corrected chi connectivity index (χ0v) is 36.8. The number of aromatic amines is 1. The van der Waals surface area contributed by atoms with Crippen molar-refractivity contribution in [3.8, 4) is 45.0 Å². The van der Waals surface area contributed by atoms with E-state index in [4.69, 9.17) is 19.9 Å². The number of fused-ring (bicyclic) bond motifs is 2. The summed E-state index contributed by atoms with van der Waals surface area (Å²) in [4.78, 5) is 55.9. The number of aryl methyl sites for hydroxylation is 1. The van der Waals surface area contributed by atoms with E-state index in [0.29, 0.717) is 104 Å². The largest absolute Gasteiger partial charge is 0.352 e. The van der Waals surface area contributed by atoms with Crippen molar-refractivity contribution < 1.29 is 27.2 Å². The number of imidazole rings is 2. The van der Waals surface area contributed by atoms with Crippen LogP contribution in [0.5, 0.6) is 0 Å². The van der Waals surface area contributed by atoms with E-state index in [0.717, 1.165) is 11.6 Å². The molecular formula is C53H40F4N10O2. The Balaban J connectivity index is 0.000000172. The lowest BCUT2D eigenvalue weighted by Gasteiger charge is -2.12. The number of nitrogens with one attached hydrogen (secondary N) is 3. The molecule has 10 rings (SSSR count). The van der Waals surface area contributed by atoms with Gasteiger partial charge in [-0.3, -0.25) is 9.59 Å². The smallest absolute Gasteiger partial charge is 0.251 e. The minimum absolute atomic E-state index is 0.228. The molecule has 6 aromatic carbocycles. The third-order valence-electron chi connectivity index (χ3n) is 11.1. The van der Waals surface area contributed by atoms with Gasteiger partial charge in [-0.05, 0) is 133 Å². The Hall–Kier alpha value is -8.92. The quantitative estimate of drug-likeness (QED) is 0.102. The summed E-state index contributed by atoms with van der Waals surface area (Å²) in [6, 6.07) is 34.0. The monoisotopic (exact) mass is 924 g/mol. The van der Waals surface area contributed by atoms with Gasteiger partial charge in [0.25, 0.3) is 11.8 Å². The van der Waals surface area contributed by atoms with Crippen molar-refractivity contribution in [3.05, 3.63) is 204 Å². The third kappa shape index (κ3) is 10.7. The van der Waals surface area contributed by atoms with Crippen LogP contribution in [0, 0.1) is 23.3 Å². The average Bonchev–Trinajstić information content (AvgIpc) is 4.05. The third-order valence-corrected chi connectivity index (χ3v) is 11.1. The molecule has 0 saturated carbocycles. The number of halogens is 4. The van der Waals surface area contributed by atoms with Gasteiger partial charge in [-0.1, -0.05) is 0 Å². The fraction of sp³-hybridized carbons (Fsp3) is 0.0943. The van der Waals surface area contributed by atoms with Crippen LogP contribution in [-0.4, -0.2) is 64.4 Å². The molecule has 4 heterocycles. The number of aromatic nitrogens is 8. The molecule has 0 aliphatic heterocycles. The lowest BCUT2D eigenvalue weighted by atomic mass is 10.0. The zero-order chi connectivity index (χ0) is 47.9. The SMILES string of the molecule is Cn1ccnc1CCNC(=O)c1ccc2nc(-c3ccc(F)cc3)c(-c3ccc(F)cc3)nc2c1.O=C(NCCc1ncc[nH]1)c1ccc2nc(-c3ccc(F)cc3)c(-c3ccc(F)cc3)nc2c1. The molecule has 0 spiro atoms. The number of carbonyl (C=O) groups is 2. The summed E-state index contributed by atoms with van der Waals surface area (Å²) in [6.07, 6.45) is 8.17. The number of amides is 2. The number of hydrogen-bond acceptors (Lipinski definition) is 8. The van der Waals surface area contributed by atoms with Crippen molar-refractivity contribution in [2.24, 2.45) is 7.05 Å². The molecule has 0 unspecified atom stereocenters. The molecule has 0 aliphatic carbocycles. The van der Waals surface area contributed by atoms with Crippen LogP contribution in [0.15, 0.2) is 158 Å². The van der Waals surface area contributed by atoms with Gasteiger partial charge in [0.15, 0.2) is 0 Å². The van der Waals surface area contributed by atoms with Crippen LogP contribution in [0.1, 0.15) is 32.4 Å². The number of nitrogens with zero attached hydrogens (tertiary/aromatic N) is 7. The number of carbonyl (C=O) groups excluding carboxylic acids is 2. The van der Waals surface area contributed by atoms with Crippen LogP contribution >= 0.6 is 0 Å². The first-order chi connectivity index (χ1) is 33.5. The normalized spacial score (nSPS) is 11.0. The summed E-state index contributed by atoms with van der Waals surface area (Å²) in [5, 5.41) is 5.78. The van der Waals surface area contributed by atoms with E-state index in [1.165, 1.54) is 48.5 Å². The van der Waals surface area contributed by atoms with E-state index in [-0.39, 0.29) is 35.1 Å². The summed E-state index contributed by atoms with van der Waals surface area (Å²) >= 11 is 0. The van der Waals surface area contributed by atoms with E-state index >= 15 is 0 Å². The maximum atomic E-state index is 13.6. The summed E-state index contributed by atoms with van der Waals surface area (Å²) < 4.78 is 56.0. The Labute approximate surface area is 392 Å². The van der Waals surface area contributed by atoms with Crippen molar-refractivity contribution in [3.63, 3.8) is 0 Å². The molecule has 0 saturated heterocycles. The van der Waals surface area contributed by atoms with Crippen LogP contribution in [0.25, 0.3) is 67.1 Å². The van der Waals surface area contributed by atoms with Gasteiger partial charge in [-0.2, -0.15) is 0 Å². The first-order valence-electron chi connectivity index (χ1n) is 21.7. The van der Waals surface area contributed by atoms with Gasteiger partial charge in [-0.25, -0.2) is 47.5 Å². The molecular weight excluding hydrogens is 885 g/mol. The maximum absolute atomic E-state index is 13.6. The second-order valence-electron chi connectivity index (χ2n) is 15.8. The molecule has 3 N–H and O–H groups in total. The molecule has 0 fully saturated rings. The first kappa shape index (κ1) is 45.2. The number of H-pyrrole nitrogens is 1. The van der Waals surface area contributed by atoms with Crippen LogP contribution in [0.3, 0.4) is 0 Å². The molecule has 342 valence electrons. The van der Waals surface area contributed by atoms with Crippen molar-refractivity contribution in [2.45, 2.75) is 12.8 Å². The summed E-state index contributed by atoms with van der Waals surface area (Å²) in [5.74, 6) is -0.235. The van der Waals surface area contributed by atoms with Gasteiger partial charge < -0.3 is 20.2 Å². The molecule has 0 radical (unpaired) electrons. The highest BCUT2D eigenvalue weighted by molar-refractivity contribution is 5.99. The zero-order valence-electron chi connectivity index (χ0n) is 36.8. The van der Waals surface area contributed by atoms with E-state index in [2.05, 4.69) is 25.6 Å². The van der Waals surface area contributed by atoms with Crippen LogP contribution in [0.4, 0.5) is 17.6 Å². The van der Waals surface area contributed by atoms with Crippen molar-refractivity contribution in [2.75, 3.05) is 13.1 Å². The lowest BCUT2D eigenvalue weighted by molar-refractivity contribution is 0.0946. The van der Waals surface area contributed by atoms with Gasteiger partial charge >= 0.3 is 0 Å². The molecule has 16 heteroatoms. The highest BCUT2D eigenvalue weighted by Crippen LogP contribution is 2.33. The van der Waals surface area contributed by atoms with Gasteiger partial charge in [0.05, 0.1) is 44.8 Å². The Morgan fingerprint density at radius 1 is 0.493 bits per heavy atom. The second-order valence-corrected chi connectivity index (χ2v) is 15.8. The standard InChI is InChI=1S/C27H21F2N5O.C26H19F2N5O/c1-34-15-14-30-24(34)12-13-31-27(35)19-6-11-22-23(16-19)33-26(18-4-9-21(29)10-5-18)25(32-22)17-2-7-20(28)8-3-17;27-19-6-1-16(2-7-19)24-25(17-3-8-20(28)9-4-17)33-22-15-18(5-10-21(22)32-24)26(34)31-12-11-23-29-13-14-30-23/h2-11,14-16H,12-13H2,1H3,(H,31,35);1-10,13-15H,11-12H2,(H,29,30)(H,31,34). The van der Waals surface area contributed by atoms with Crippen LogP contribution in [-0.2, 0) is 19.9 Å². The number of hydrogen-bond donors (Lipinski definition) is 3. The van der Waals surface area contributed by atoms with E-state index < -0.39 is 0 Å². The fourth-order valence-corrected chi connectivity index (χ4v) is 7.49. The van der Waals surface area contributed by atoms with E-state index in [9.17, 15) is 27.2 Å². The Bertz CT molecular complexity index is 3420. The molecule has 2 amide bonds. The van der Waals surface area contributed by atoms with Crippen molar-refractivity contribution >= 4 is 33.9 Å². The molecule has 0 bridgehead atoms. The van der Waals surface area contributed by atoms with Crippen molar-refractivity contribution in [1.29, 1.82) is 0 Å². The van der Waals surface area contributed by atoms with Crippen LogP contribution in [0.2, 0.25) is 0 Å². The molecule has 10 aromatic rings. The Kier molecular flexibility index (Phi) is 13.3. The van der Waals surface area contributed by atoms with Gasteiger partial charge in [0.1, 0.15) is 34.9 Å². The predicted octanol–water partition coefficient (Wildman–Crippen LogP) is 9.89. The fourth-order valence-electron chi connectivity index (χ4n) is 7.49. The Morgan fingerprint density at radius 2 is 0.884 bits per heavy atom. The second kappa shape index (κ2) is 20.3. The summed E-state index contributed by atoms with van der Waals surface area (Å²) in [5.41, 5.74) is 7.86. The topological polar surface area (TPSA) is 156 Å². The summed E-state index contributed by atoms with van der Waals surface area (Å²) in [6.45, 7) is 0.873. The van der Waals surface area contributed by atoms with E-state index in [1.54, 1.807) is 104 Å². The molecule has 0 aliphatic rings. The maximum Gasteiger partial charge on any atom is 0.251 e. The molecule has 12 nitrogen and oxygen atoms in total. The highest BCUT2D eigenvalue weighted by atomic mass is 19.1. The molecule has 0 atom stereocenters. The molecule has 4 aromatic heterocycles. The van der Waals surface area contributed by atoms with E-state index in [1.807, 2.05) is 17.8 Å². The minimum atomic E-state index is -0.366. The highest BCUT2D eigenvalue weighted by Gasteiger charge is 2.18. The van der Waals surface area contributed by atoms with Crippen molar-refractivity contribution in [1.82, 2.24) is 50.1 Å². The number of rotatable bonds is 12. The van der Waals surface area contributed by atoms with Crippen LogP contribution < -0.4 is 10.6 Å². The Morgan fingerprint density at radius 3 is 1.25 bits per heavy atom. The minimum Gasteiger partial charge on any atom is -0.352 e. The predicted molar refractivity (Wildman–Crippen MR) is 255 cm³/mol. The first-order valence-corrected chi connectivity index (χ1v) is 21.7. The average molecular weight is 925 g/mol. The van der Waals surface area contributed by atoms with Gasteiger partial charge in [-0.15, -0.1) is 0 Å². The summed E-state index contributed by atoms with van der Waals surface area (Å²) in [7, 11) is 1.91.